The second-order valence-electron chi connectivity index (χ2n) is 21.8. The first-order valence-corrected chi connectivity index (χ1v) is 32.6. The van der Waals surface area contributed by atoms with Crippen LogP contribution in [0.4, 0.5) is 62.8 Å². The van der Waals surface area contributed by atoms with Crippen molar-refractivity contribution >= 4 is 123 Å². The number of esters is 8. The summed E-state index contributed by atoms with van der Waals surface area (Å²) in [6.07, 6.45) is 0. The minimum Gasteiger partial charge on any atom is -0.867 e. The Kier molecular flexibility index (Phi) is 57.3. The van der Waals surface area contributed by atoms with Gasteiger partial charge in [-0.2, -0.15) is 0 Å². The summed E-state index contributed by atoms with van der Waals surface area (Å²) in [5.74, 6) is -3.17. The number of carbonyl (C=O) groups excluding carboxylic acids is 8. The molecule has 0 aromatic heterocycles. The van der Waals surface area contributed by atoms with E-state index in [1.807, 2.05) is 0 Å². The van der Waals surface area contributed by atoms with Crippen LogP contribution in [0, 0.1) is 98.5 Å². The molecule has 8 aromatic rings. The molecule has 0 fully saturated rings. The van der Waals surface area contributed by atoms with Crippen molar-refractivity contribution < 1.29 is 134 Å². The highest BCUT2D eigenvalue weighted by atomic mass is 19.1. The fourth-order valence-corrected chi connectivity index (χ4v) is 8.10. The summed E-state index contributed by atoms with van der Waals surface area (Å²) in [6.45, 7) is 14.0. The van der Waals surface area contributed by atoms with Gasteiger partial charge in [-0.15, -0.1) is 0 Å². The van der Waals surface area contributed by atoms with E-state index in [2.05, 4.69) is 77.7 Å². The molecule has 120 heavy (non-hydrogen) atoms. The van der Waals surface area contributed by atoms with Crippen LogP contribution in [0.2, 0.25) is 0 Å². The fraction of sp³-hybridized carbons (Fsp3) is 0.222. The molecule has 48 heteroatoms. The van der Waals surface area contributed by atoms with E-state index in [1.165, 1.54) is 56.9 Å². The number of methoxy groups -OCH3 is 8. The summed E-state index contributed by atoms with van der Waals surface area (Å²) in [4.78, 5) is 113. The Hall–Kier alpha value is -15.5. The SMILES string of the molecule is COC(=O)c1ccc([N+]#N)c(C)c1.COC(=O)c1ccc([N+]#N)c(C)c1.COC(=O)c1ccc([N+]#N)c(C)c1.COC(=O)c1ccc([N+]#N)c(C)c1.COC(=O)c1ccc([N+]#N)c(C)c1.COC(=O)c1ccc([N+]#N)c(C)c1.COC(=O)c1ccc([N+]#N)c(C)c1.COC(=O)c1ccc([N+]#N)c(C)c1.[O-]B([O-])F.[O-]B([O-])F.[O-]B([O-])F.[O-]B([O-])F. The Morgan fingerprint density at radius 1 is 0.217 bits per heavy atom. The summed E-state index contributed by atoms with van der Waals surface area (Å²) in [5, 5.41) is 135. The summed E-state index contributed by atoms with van der Waals surface area (Å²) in [6, 6.07) is 37.7. The third-order valence-corrected chi connectivity index (χ3v) is 13.8. The molecular weight excluding hydrogens is 1590 g/mol. The van der Waals surface area contributed by atoms with Crippen LogP contribution in [0.25, 0.3) is 39.8 Å². The lowest BCUT2D eigenvalue weighted by Gasteiger charge is -2.09. The van der Waals surface area contributed by atoms with Crippen molar-refractivity contribution in [3.05, 3.63) is 274 Å². The molecule has 0 unspecified atom stereocenters. The maximum absolute atomic E-state index is 11.0. The van der Waals surface area contributed by atoms with Crippen LogP contribution < -0.4 is 40.2 Å². The second kappa shape index (κ2) is 62.0. The van der Waals surface area contributed by atoms with E-state index in [0.29, 0.717) is 90.0 Å². The lowest BCUT2D eigenvalue weighted by molar-refractivity contribution is -0.368. The number of hydrogen-bond donors (Lipinski definition) is 0. The van der Waals surface area contributed by atoms with Crippen LogP contribution >= 0.6 is 0 Å². The first kappa shape index (κ1) is 111. The molecule has 0 aliphatic heterocycles. The summed E-state index contributed by atoms with van der Waals surface area (Å²) in [5.41, 5.74) is 13.0. The van der Waals surface area contributed by atoms with Gasteiger partial charge in [0.25, 0.3) is 0 Å². The minimum atomic E-state index is -3.17. The molecule has 0 bridgehead atoms. The zero-order valence-corrected chi connectivity index (χ0v) is 66.6. The molecule has 8 aromatic carbocycles. The van der Waals surface area contributed by atoms with Gasteiger partial charge in [-0.05, 0) is 152 Å². The Labute approximate surface area is 683 Å². The highest BCUT2D eigenvalue weighted by molar-refractivity contribution is 6.28. The van der Waals surface area contributed by atoms with E-state index < -0.39 is 77.3 Å². The van der Waals surface area contributed by atoms with E-state index in [9.17, 15) is 55.6 Å². The van der Waals surface area contributed by atoms with Gasteiger partial charge < -0.3 is 95.3 Å². The molecule has 0 aliphatic rings. The number of halogens is 4. The van der Waals surface area contributed by atoms with Crippen LogP contribution in [0.5, 0.6) is 0 Å². The molecule has 8 rings (SSSR count). The first-order chi connectivity index (χ1) is 56.4. The number of ether oxygens (including phenoxy) is 8. The van der Waals surface area contributed by atoms with Crippen molar-refractivity contribution in [3.8, 4) is 0 Å². The molecule has 0 saturated carbocycles. The number of rotatable bonds is 8. The molecular formula is C72H72B4F4N16O24. The number of carbonyl (C=O) groups is 8. The zero-order chi connectivity index (χ0) is 93.1. The predicted octanol–water partition coefficient (Wildman–Crippen LogP) is 8.78. The predicted molar refractivity (Wildman–Crippen MR) is 406 cm³/mol. The van der Waals surface area contributed by atoms with E-state index in [4.69, 9.17) is 83.3 Å². The number of diazo groups is 8. The van der Waals surface area contributed by atoms with E-state index in [0.717, 1.165) is 44.5 Å². The summed E-state index contributed by atoms with van der Waals surface area (Å²) in [7, 11) is -2.10. The van der Waals surface area contributed by atoms with E-state index in [-0.39, 0.29) is 0 Å². The normalized spacial score (nSPS) is 8.70. The molecule has 0 atom stereocenters. The number of hydrogen-bond acceptors (Lipinski definition) is 32. The number of nitrogens with zero attached hydrogens (tertiary/aromatic N) is 16. The van der Waals surface area contributed by atoms with Crippen molar-refractivity contribution in [2.75, 3.05) is 56.9 Å². The van der Waals surface area contributed by atoms with Gasteiger partial charge in [0.2, 0.25) is 43.1 Å². The van der Waals surface area contributed by atoms with E-state index >= 15 is 0 Å². The molecule has 0 saturated heterocycles. The monoisotopic (exact) mass is 1660 g/mol. The molecule has 0 spiro atoms. The minimum absolute atomic E-state index is 0.396. The molecule has 0 heterocycles. The molecule has 0 aliphatic carbocycles. The second-order valence-corrected chi connectivity index (χ2v) is 21.8. The standard InChI is InChI=1S/8C9H9N2O2.4BFO2/c8*1-6-5-7(9(12)13-2)3-4-8(6)11-10;4*2-1(3)4/h8*3-5H,1-2H3;;;;/q8*+1;4*-2. The summed E-state index contributed by atoms with van der Waals surface area (Å²) < 4.78 is 75.8. The smallest absolute Gasteiger partial charge is 0.387 e. The van der Waals surface area contributed by atoms with E-state index in [1.54, 1.807) is 201 Å². The molecule has 624 valence electrons. The van der Waals surface area contributed by atoms with Crippen LogP contribution in [-0.2, 0) is 37.9 Å². The molecule has 0 radical (unpaired) electrons. The average molecular weight is 1660 g/mol. The Bertz CT molecular complexity index is 4200. The van der Waals surface area contributed by atoms with Gasteiger partial charge in [-0.1, -0.05) is 0 Å². The average Bonchev–Trinajstić information content (AvgIpc) is 0.921. The largest absolute Gasteiger partial charge is 0.867 e. The van der Waals surface area contributed by atoms with Gasteiger partial charge in [0, 0.05) is 93.0 Å². The van der Waals surface area contributed by atoms with Crippen molar-refractivity contribution in [1.82, 2.24) is 0 Å². The van der Waals surface area contributed by atoms with Crippen molar-refractivity contribution in [3.63, 3.8) is 0 Å². The van der Waals surface area contributed by atoms with Gasteiger partial charge in [-0.3, -0.25) is 0 Å². The lowest BCUT2D eigenvalue weighted by atomic mass is 10.1. The van der Waals surface area contributed by atoms with Gasteiger partial charge in [0.1, 0.15) is 29.6 Å². The van der Waals surface area contributed by atoms with Gasteiger partial charge in [0.05, 0.1) is 101 Å². The molecule has 0 amide bonds. The zero-order valence-electron chi connectivity index (χ0n) is 66.6. The van der Waals surface area contributed by atoms with Crippen molar-refractivity contribution in [1.29, 1.82) is 43.1 Å². The Morgan fingerprint density at radius 2 is 0.292 bits per heavy atom. The molecule has 0 N–H and O–H groups in total. The maximum atomic E-state index is 11.0. The van der Waals surface area contributed by atoms with Crippen LogP contribution in [0.15, 0.2) is 146 Å². The lowest BCUT2D eigenvalue weighted by Crippen LogP contribution is -2.39. The van der Waals surface area contributed by atoms with Crippen LogP contribution in [0.3, 0.4) is 0 Å². The fourth-order valence-electron chi connectivity index (χ4n) is 8.10. The van der Waals surface area contributed by atoms with Crippen LogP contribution in [-0.4, -0.2) is 134 Å². The van der Waals surface area contributed by atoms with Crippen molar-refractivity contribution in [2.45, 2.75) is 55.4 Å². The van der Waals surface area contributed by atoms with Crippen LogP contribution in [0.1, 0.15) is 127 Å². The number of aryl methyl sites for hydroxylation is 8. The van der Waals surface area contributed by atoms with Gasteiger partial charge >= 0.3 is 93.3 Å². The Morgan fingerprint density at radius 3 is 0.342 bits per heavy atom. The maximum Gasteiger partial charge on any atom is 0.387 e. The highest BCUT2D eigenvalue weighted by Gasteiger charge is 2.20. The van der Waals surface area contributed by atoms with Gasteiger partial charge in [0.15, 0.2) is 39.8 Å². The first-order valence-electron chi connectivity index (χ1n) is 32.6. The quantitative estimate of drug-likeness (QED) is 0.0450. The van der Waals surface area contributed by atoms with Crippen molar-refractivity contribution in [2.24, 2.45) is 0 Å². The van der Waals surface area contributed by atoms with Gasteiger partial charge in [-0.25, -0.2) is 38.4 Å². The summed E-state index contributed by atoms with van der Waals surface area (Å²) >= 11 is 0. The molecule has 40 nitrogen and oxygen atoms in total. The third kappa shape index (κ3) is 45.4. The third-order valence-electron chi connectivity index (χ3n) is 13.8. The Balaban J connectivity index is -0.000000624. The topological polar surface area (TPSA) is 620 Å². The highest BCUT2D eigenvalue weighted by Crippen LogP contribution is 2.26. The number of benzene rings is 8.